The van der Waals surface area contributed by atoms with Crippen molar-refractivity contribution in [1.82, 2.24) is 10.9 Å². The van der Waals surface area contributed by atoms with E-state index in [1.54, 1.807) is 30.3 Å². The van der Waals surface area contributed by atoms with Crippen LogP contribution in [0.25, 0.3) is 0 Å². The summed E-state index contributed by atoms with van der Waals surface area (Å²) in [4.78, 5) is 23.6. The molecule has 0 unspecified atom stereocenters. The van der Waals surface area contributed by atoms with E-state index in [0.29, 0.717) is 24.3 Å². The quantitative estimate of drug-likeness (QED) is 0.439. The molecule has 2 amide bonds. The van der Waals surface area contributed by atoms with E-state index in [-0.39, 0.29) is 5.91 Å². The number of hydrogen-bond donors (Lipinski definition) is 2. The molecule has 0 spiro atoms. The summed E-state index contributed by atoms with van der Waals surface area (Å²) in [5, 5.41) is 0. The average molecular weight is 290 g/mol. The smallest absolute Gasteiger partial charge is 0.273 e. The predicted molar refractivity (Wildman–Crippen MR) is 81.9 cm³/mol. The number of hydrogen-bond acceptors (Lipinski definition) is 3. The highest BCUT2D eigenvalue weighted by Gasteiger charge is 2.12. The normalized spacial score (nSPS) is 9.76. The Morgan fingerprint density at radius 2 is 2.00 bits per heavy atom. The van der Waals surface area contributed by atoms with E-state index in [9.17, 15) is 9.59 Å². The summed E-state index contributed by atoms with van der Waals surface area (Å²) < 4.78 is 5.40. The Bertz CT molecular complexity index is 486. The van der Waals surface area contributed by atoms with Crippen LogP contribution in [0, 0.1) is 0 Å². The van der Waals surface area contributed by atoms with Gasteiger partial charge in [-0.3, -0.25) is 20.4 Å². The number of rotatable bonds is 8. The van der Waals surface area contributed by atoms with Crippen LogP contribution in [0.5, 0.6) is 5.75 Å². The third-order valence-corrected chi connectivity index (χ3v) is 2.81. The van der Waals surface area contributed by atoms with Crippen molar-refractivity contribution in [3.63, 3.8) is 0 Å². The number of hydrazine groups is 1. The van der Waals surface area contributed by atoms with Crippen LogP contribution in [0.1, 0.15) is 43.0 Å². The van der Waals surface area contributed by atoms with Gasteiger partial charge in [-0.05, 0) is 18.6 Å². The number of benzene rings is 1. The molecule has 0 aliphatic carbocycles. The summed E-state index contributed by atoms with van der Waals surface area (Å²) >= 11 is 0. The van der Waals surface area contributed by atoms with Gasteiger partial charge in [0.25, 0.3) is 5.91 Å². The third-order valence-electron chi connectivity index (χ3n) is 2.81. The average Bonchev–Trinajstić information content (AvgIpc) is 2.51. The van der Waals surface area contributed by atoms with Crippen LogP contribution >= 0.6 is 0 Å². The van der Waals surface area contributed by atoms with E-state index >= 15 is 0 Å². The molecule has 5 nitrogen and oxygen atoms in total. The second-order valence-electron chi connectivity index (χ2n) is 4.56. The fraction of sp³-hybridized carbons (Fsp3) is 0.375. The molecule has 0 aliphatic rings. The number of nitrogens with one attached hydrogen (secondary N) is 2. The number of carbonyl (C=O) groups is 2. The number of amides is 2. The first kappa shape index (κ1) is 16.8. The highest BCUT2D eigenvalue weighted by molar-refractivity contribution is 5.97. The van der Waals surface area contributed by atoms with Crippen molar-refractivity contribution in [3.05, 3.63) is 42.5 Å². The highest BCUT2D eigenvalue weighted by Crippen LogP contribution is 2.17. The maximum Gasteiger partial charge on any atom is 0.273 e. The van der Waals surface area contributed by atoms with Gasteiger partial charge in [0.05, 0.1) is 5.56 Å². The van der Waals surface area contributed by atoms with Crippen LogP contribution in [0.4, 0.5) is 0 Å². The van der Waals surface area contributed by atoms with Gasteiger partial charge in [0, 0.05) is 6.42 Å². The maximum atomic E-state index is 12.0. The van der Waals surface area contributed by atoms with E-state index in [4.69, 9.17) is 4.74 Å². The SMILES string of the molecule is C=CCOc1ccccc1C(=O)NNC(=O)CCCCC. The molecule has 0 aliphatic heterocycles. The molecule has 0 radical (unpaired) electrons. The van der Waals surface area contributed by atoms with Crippen LogP contribution in [-0.2, 0) is 4.79 Å². The Balaban J connectivity index is 2.51. The number of carbonyl (C=O) groups excluding carboxylic acids is 2. The second kappa shape index (κ2) is 9.58. The second-order valence-corrected chi connectivity index (χ2v) is 4.56. The van der Waals surface area contributed by atoms with Gasteiger partial charge in [-0.25, -0.2) is 0 Å². The highest BCUT2D eigenvalue weighted by atomic mass is 16.5. The first-order valence-electron chi connectivity index (χ1n) is 7.11. The Hall–Kier alpha value is -2.30. The zero-order valence-electron chi connectivity index (χ0n) is 12.4. The summed E-state index contributed by atoms with van der Waals surface area (Å²) in [6, 6.07) is 6.84. The van der Waals surface area contributed by atoms with Crippen LogP contribution in [0.15, 0.2) is 36.9 Å². The molecule has 114 valence electrons. The van der Waals surface area contributed by atoms with Crippen molar-refractivity contribution < 1.29 is 14.3 Å². The monoisotopic (exact) mass is 290 g/mol. The lowest BCUT2D eigenvalue weighted by Gasteiger charge is -2.11. The molecular weight excluding hydrogens is 268 g/mol. The van der Waals surface area contributed by atoms with Crippen molar-refractivity contribution in [2.45, 2.75) is 32.6 Å². The van der Waals surface area contributed by atoms with Crippen LogP contribution in [0.2, 0.25) is 0 Å². The van der Waals surface area contributed by atoms with Gasteiger partial charge in [-0.1, -0.05) is 44.6 Å². The predicted octanol–water partition coefficient (Wildman–Crippen LogP) is 2.59. The largest absolute Gasteiger partial charge is 0.489 e. The Kier molecular flexibility index (Phi) is 7.64. The van der Waals surface area contributed by atoms with E-state index < -0.39 is 5.91 Å². The summed E-state index contributed by atoms with van der Waals surface area (Å²) in [6.45, 7) is 5.95. The van der Waals surface area contributed by atoms with Gasteiger partial charge in [0.15, 0.2) is 0 Å². The number of ether oxygens (including phenoxy) is 1. The topological polar surface area (TPSA) is 67.4 Å². The van der Waals surface area contributed by atoms with Crippen LogP contribution in [-0.4, -0.2) is 18.4 Å². The van der Waals surface area contributed by atoms with E-state index in [1.807, 2.05) is 0 Å². The van der Waals surface area contributed by atoms with Gasteiger partial charge in [-0.2, -0.15) is 0 Å². The lowest BCUT2D eigenvalue weighted by atomic mass is 10.2. The summed E-state index contributed by atoms with van der Waals surface area (Å²) in [7, 11) is 0. The Morgan fingerprint density at radius 1 is 1.24 bits per heavy atom. The zero-order chi connectivity index (χ0) is 15.5. The van der Waals surface area contributed by atoms with E-state index in [2.05, 4.69) is 24.4 Å². The molecule has 0 aromatic heterocycles. The first-order valence-corrected chi connectivity index (χ1v) is 7.11. The van der Waals surface area contributed by atoms with Gasteiger partial charge < -0.3 is 4.74 Å². The van der Waals surface area contributed by atoms with Crippen molar-refractivity contribution in [3.8, 4) is 5.75 Å². The van der Waals surface area contributed by atoms with Crippen molar-refractivity contribution in [2.24, 2.45) is 0 Å². The summed E-state index contributed by atoms with van der Waals surface area (Å²) in [5.41, 5.74) is 5.18. The number of unbranched alkanes of at least 4 members (excludes halogenated alkanes) is 2. The Morgan fingerprint density at radius 3 is 2.71 bits per heavy atom. The fourth-order valence-corrected chi connectivity index (χ4v) is 1.72. The van der Waals surface area contributed by atoms with Crippen molar-refractivity contribution >= 4 is 11.8 Å². The van der Waals surface area contributed by atoms with Gasteiger partial charge >= 0.3 is 0 Å². The minimum Gasteiger partial charge on any atom is -0.489 e. The minimum atomic E-state index is -0.404. The van der Waals surface area contributed by atoms with Crippen molar-refractivity contribution in [2.75, 3.05) is 6.61 Å². The molecular formula is C16H22N2O3. The molecule has 0 atom stereocenters. The molecule has 0 saturated carbocycles. The standard InChI is InChI=1S/C16H22N2O3/c1-3-5-6-11-15(19)17-18-16(20)13-9-7-8-10-14(13)21-12-4-2/h4,7-10H,2-3,5-6,11-12H2,1H3,(H,17,19)(H,18,20). The minimum absolute atomic E-state index is 0.193. The van der Waals surface area contributed by atoms with Crippen LogP contribution < -0.4 is 15.6 Å². The van der Waals surface area contributed by atoms with Gasteiger partial charge in [-0.15, -0.1) is 0 Å². The first-order chi connectivity index (χ1) is 10.2. The molecule has 1 aromatic rings. The molecule has 0 saturated heterocycles. The van der Waals surface area contributed by atoms with E-state index in [1.165, 1.54) is 0 Å². The third kappa shape index (κ3) is 6.12. The zero-order valence-corrected chi connectivity index (χ0v) is 12.4. The molecule has 0 bridgehead atoms. The van der Waals surface area contributed by atoms with Crippen LogP contribution in [0.3, 0.4) is 0 Å². The molecule has 0 heterocycles. The fourth-order valence-electron chi connectivity index (χ4n) is 1.72. The van der Waals surface area contributed by atoms with E-state index in [0.717, 1.165) is 19.3 Å². The van der Waals surface area contributed by atoms with Gasteiger partial charge in [0.1, 0.15) is 12.4 Å². The lowest BCUT2D eigenvalue weighted by Crippen LogP contribution is -2.41. The molecule has 21 heavy (non-hydrogen) atoms. The summed E-state index contributed by atoms with van der Waals surface area (Å²) in [5.74, 6) is -0.144. The molecule has 5 heteroatoms. The lowest BCUT2D eigenvalue weighted by molar-refractivity contribution is -0.121. The molecule has 1 rings (SSSR count). The molecule has 2 N–H and O–H groups in total. The molecule has 0 fully saturated rings. The number of para-hydroxylation sites is 1. The summed E-state index contributed by atoms with van der Waals surface area (Å²) in [6.07, 6.45) is 4.87. The van der Waals surface area contributed by atoms with Crippen molar-refractivity contribution in [1.29, 1.82) is 0 Å². The van der Waals surface area contributed by atoms with Gasteiger partial charge in [0.2, 0.25) is 5.91 Å². The Labute approximate surface area is 125 Å². The molecule has 1 aromatic carbocycles. The maximum absolute atomic E-state index is 12.0.